The number of carboxylic acids is 1. The predicted octanol–water partition coefficient (Wildman–Crippen LogP) is 0.964. The lowest BCUT2D eigenvalue weighted by atomic mass is 9.88. The second-order valence-electron chi connectivity index (χ2n) is 5.38. The van der Waals surface area contributed by atoms with Gasteiger partial charge in [0.15, 0.2) is 0 Å². The van der Waals surface area contributed by atoms with Crippen LogP contribution in [-0.2, 0) is 9.53 Å². The molecule has 1 fully saturated rings. The summed E-state index contributed by atoms with van der Waals surface area (Å²) >= 11 is 0. The number of amides is 1. The summed E-state index contributed by atoms with van der Waals surface area (Å²) in [6, 6.07) is 4.36. The van der Waals surface area contributed by atoms with Crippen molar-refractivity contribution in [3.8, 4) is 11.5 Å². The van der Waals surface area contributed by atoms with Crippen LogP contribution in [0.25, 0.3) is 0 Å². The second kappa shape index (κ2) is 6.23. The van der Waals surface area contributed by atoms with Gasteiger partial charge in [-0.3, -0.25) is 9.59 Å². The third-order valence-corrected chi connectivity index (χ3v) is 3.95. The van der Waals surface area contributed by atoms with Crippen LogP contribution in [0.2, 0.25) is 0 Å². The van der Waals surface area contributed by atoms with Crippen molar-refractivity contribution in [3.05, 3.63) is 23.8 Å². The smallest absolute Gasteiger partial charge is 0.313 e. The Hall–Kier alpha value is -2.28. The van der Waals surface area contributed by atoms with E-state index in [1.165, 1.54) is 31.3 Å². The van der Waals surface area contributed by atoms with Crippen molar-refractivity contribution in [3.63, 3.8) is 0 Å². The first-order valence-corrected chi connectivity index (χ1v) is 6.82. The number of benzene rings is 1. The van der Waals surface area contributed by atoms with Crippen molar-refractivity contribution < 1.29 is 29.3 Å². The van der Waals surface area contributed by atoms with E-state index in [1.807, 2.05) is 0 Å². The molecule has 1 aliphatic heterocycles. The summed E-state index contributed by atoms with van der Waals surface area (Å²) in [5.41, 5.74) is -1.00. The molecule has 1 saturated heterocycles. The molecule has 2 rings (SSSR count). The van der Waals surface area contributed by atoms with E-state index in [-0.39, 0.29) is 24.5 Å². The Kier molecular flexibility index (Phi) is 4.56. The van der Waals surface area contributed by atoms with E-state index in [0.29, 0.717) is 18.7 Å². The fraction of sp³-hybridized carbons (Fsp3) is 0.467. The summed E-state index contributed by atoms with van der Waals surface area (Å²) in [6.45, 7) is 0.382. The van der Waals surface area contributed by atoms with Gasteiger partial charge in [-0.05, 0) is 24.6 Å². The number of carboxylic acid groups (broad SMARTS) is 1. The highest BCUT2D eigenvalue weighted by molar-refractivity contribution is 5.98. The first-order valence-electron chi connectivity index (χ1n) is 6.82. The Bertz CT molecular complexity index is 587. The third-order valence-electron chi connectivity index (χ3n) is 3.95. The van der Waals surface area contributed by atoms with Gasteiger partial charge < -0.3 is 24.6 Å². The van der Waals surface area contributed by atoms with Gasteiger partial charge in [0.1, 0.15) is 16.9 Å². The van der Waals surface area contributed by atoms with Crippen LogP contribution < -0.4 is 4.74 Å². The molecule has 1 aromatic carbocycles. The Morgan fingerprint density at radius 1 is 1.36 bits per heavy atom. The number of carbonyl (C=O) groups excluding carboxylic acids is 1. The highest BCUT2D eigenvalue weighted by Crippen LogP contribution is 2.33. The number of methoxy groups -OCH3 is 2. The zero-order chi connectivity index (χ0) is 16.3. The average Bonchev–Trinajstić information content (AvgIpc) is 2.93. The molecule has 2 N–H and O–H groups in total. The van der Waals surface area contributed by atoms with Gasteiger partial charge in [-0.2, -0.15) is 0 Å². The Morgan fingerprint density at radius 2 is 2.09 bits per heavy atom. The molecule has 0 aromatic heterocycles. The molecule has 1 aliphatic rings. The summed E-state index contributed by atoms with van der Waals surface area (Å²) in [6.07, 6.45) is 0.312. The highest BCUT2D eigenvalue weighted by atomic mass is 16.5. The maximum Gasteiger partial charge on any atom is 0.313 e. The fourth-order valence-corrected chi connectivity index (χ4v) is 2.66. The molecule has 1 heterocycles. The number of rotatable bonds is 5. The zero-order valence-electron chi connectivity index (χ0n) is 12.5. The molecule has 0 bridgehead atoms. The maximum absolute atomic E-state index is 12.5. The van der Waals surface area contributed by atoms with Gasteiger partial charge in [-0.15, -0.1) is 0 Å². The summed E-state index contributed by atoms with van der Waals surface area (Å²) in [5.74, 6) is -1.12. The van der Waals surface area contributed by atoms with Gasteiger partial charge in [0.25, 0.3) is 5.91 Å². The molecule has 22 heavy (non-hydrogen) atoms. The molecule has 7 nitrogen and oxygen atoms in total. The first kappa shape index (κ1) is 16.1. The minimum absolute atomic E-state index is 0.0379. The molecule has 7 heteroatoms. The van der Waals surface area contributed by atoms with E-state index in [9.17, 15) is 19.8 Å². The van der Waals surface area contributed by atoms with E-state index in [2.05, 4.69) is 0 Å². The first-order chi connectivity index (χ1) is 10.4. The van der Waals surface area contributed by atoms with E-state index in [4.69, 9.17) is 9.47 Å². The number of likely N-dealkylation sites (tertiary alicyclic amines) is 1. The Labute approximate surface area is 128 Å². The van der Waals surface area contributed by atoms with Crippen LogP contribution in [0.4, 0.5) is 0 Å². The van der Waals surface area contributed by atoms with Gasteiger partial charge in [-0.25, -0.2) is 0 Å². The number of nitrogens with zero attached hydrogens (tertiary/aromatic N) is 1. The normalized spacial score (nSPS) is 20.9. The SMILES string of the molecule is COCC1(C(=O)O)CCN(C(=O)c2cc(OC)ccc2O)C1. The molecule has 1 aromatic rings. The van der Waals surface area contributed by atoms with E-state index in [0.717, 1.165) is 0 Å². The molecular weight excluding hydrogens is 290 g/mol. The van der Waals surface area contributed by atoms with E-state index in [1.54, 1.807) is 6.07 Å². The molecule has 0 radical (unpaired) electrons. The lowest BCUT2D eigenvalue weighted by molar-refractivity contribution is -0.151. The van der Waals surface area contributed by atoms with Crippen molar-refractivity contribution in [2.75, 3.05) is 33.9 Å². The number of phenols is 1. The van der Waals surface area contributed by atoms with Crippen molar-refractivity contribution in [2.24, 2.45) is 5.41 Å². The summed E-state index contributed by atoms with van der Waals surface area (Å²) in [7, 11) is 2.90. The summed E-state index contributed by atoms with van der Waals surface area (Å²) < 4.78 is 10.0. The quantitative estimate of drug-likeness (QED) is 0.841. The molecule has 1 unspecified atom stereocenters. The third kappa shape index (κ3) is 2.85. The molecular formula is C15H19NO6. The van der Waals surface area contributed by atoms with Crippen molar-refractivity contribution in [2.45, 2.75) is 6.42 Å². The number of aromatic hydroxyl groups is 1. The number of hydrogen-bond acceptors (Lipinski definition) is 5. The fourth-order valence-electron chi connectivity index (χ4n) is 2.66. The maximum atomic E-state index is 12.5. The van der Waals surface area contributed by atoms with Gasteiger partial charge >= 0.3 is 5.97 Å². The summed E-state index contributed by atoms with van der Waals surface area (Å²) in [4.78, 5) is 25.4. The Morgan fingerprint density at radius 3 is 2.68 bits per heavy atom. The van der Waals surface area contributed by atoms with Crippen molar-refractivity contribution in [1.29, 1.82) is 0 Å². The lowest BCUT2D eigenvalue weighted by Gasteiger charge is -2.24. The topological polar surface area (TPSA) is 96.3 Å². The van der Waals surface area contributed by atoms with Gasteiger partial charge in [0, 0.05) is 20.2 Å². The monoisotopic (exact) mass is 309 g/mol. The van der Waals surface area contributed by atoms with Crippen LogP contribution in [0.1, 0.15) is 16.8 Å². The lowest BCUT2D eigenvalue weighted by Crippen LogP contribution is -2.40. The molecule has 1 amide bonds. The molecule has 0 saturated carbocycles. The molecule has 120 valence electrons. The van der Waals surface area contributed by atoms with Crippen LogP contribution in [0.5, 0.6) is 11.5 Å². The van der Waals surface area contributed by atoms with E-state index >= 15 is 0 Å². The average molecular weight is 309 g/mol. The number of aliphatic carboxylic acids is 1. The predicted molar refractivity (Wildman–Crippen MR) is 77.1 cm³/mol. The molecule has 0 aliphatic carbocycles. The minimum atomic E-state index is -1.10. The number of hydrogen-bond donors (Lipinski definition) is 2. The van der Waals surface area contributed by atoms with Crippen LogP contribution in [0, 0.1) is 5.41 Å². The minimum Gasteiger partial charge on any atom is -0.507 e. The molecule has 1 atom stereocenters. The largest absolute Gasteiger partial charge is 0.507 e. The number of ether oxygens (including phenoxy) is 2. The van der Waals surface area contributed by atoms with Crippen LogP contribution in [0.3, 0.4) is 0 Å². The van der Waals surface area contributed by atoms with Gasteiger partial charge in [0.05, 0.1) is 19.3 Å². The van der Waals surface area contributed by atoms with Crippen LogP contribution in [0.15, 0.2) is 18.2 Å². The van der Waals surface area contributed by atoms with Gasteiger partial charge in [-0.1, -0.05) is 0 Å². The van der Waals surface area contributed by atoms with Crippen LogP contribution >= 0.6 is 0 Å². The van der Waals surface area contributed by atoms with Crippen LogP contribution in [-0.4, -0.2) is 60.9 Å². The van der Waals surface area contributed by atoms with Crippen molar-refractivity contribution in [1.82, 2.24) is 4.90 Å². The molecule has 0 spiro atoms. The standard InChI is InChI=1S/C15H19NO6/c1-21-9-15(14(19)20)5-6-16(8-15)13(18)11-7-10(22-2)3-4-12(11)17/h3-4,7,17H,5-6,8-9H2,1-2H3,(H,19,20). The number of phenolic OH excluding ortho intramolecular Hbond substituents is 1. The second-order valence-corrected chi connectivity index (χ2v) is 5.38. The Balaban J connectivity index is 2.23. The highest BCUT2D eigenvalue weighted by Gasteiger charge is 2.46. The number of carbonyl (C=O) groups is 2. The van der Waals surface area contributed by atoms with Crippen molar-refractivity contribution >= 4 is 11.9 Å². The zero-order valence-corrected chi connectivity index (χ0v) is 12.5. The van der Waals surface area contributed by atoms with E-state index < -0.39 is 17.3 Å². The van der Waals surface area contributed by atoms with Gasteiger partial charge in [0.2, 0.25) is 0 Å². The summed E-state index contributed by atoms with van der Waals surface area (Å²) in [5, 5.41) is 19.3.